The van der Waals surface area contributed by atoms with Gasteiger partial charge < -0.3 is 10.1 Å². The van der Waals surface area contributed by atoms with Crippen molar-refractivity contribution in [2.75, 3.05) is 11.1 Å². The summed E-state index contributed by atoms with van der Waals surface area (Å²) in [5.74, 6) is 0.197. The molecule has 0 unspecified atom stereocenters. The van der Waals surface area contributed by atoms with Gasteiger partial charge in [-0.15, -0.1) is 16.8 Å². The number of rotatable bonds is 9. The molecule has 6 nitrogen and oxygen atoms in total. The molecule has 2 aromatic carbocycles. The van der Waals surface area contributed by atoms with Gasteiger partial charge in [0.1, 0.15) is 24.0 Å². The number of nitrogens with zero attached hydrogens (tertiary/aromatic N) is 3. The largest absolute Gasteiger partial charge is 0.486 e. The van der Waals surface area contributed by atoms with E-state index in [9.17, 15) is 13.6 Å². The zero-order valence-corrected chi connectivity index (χ0v) is 16.2. The summed E-state index contributed by atoms with van der Waals surface area (Å²) in [6, 6.07) is 11.2. The number of anilines is 1. The number of carbonyl (C=O) groups is 1. The van der Waals surface area contributed by atoms with Gasteiger partial charge >= 0.3 is 0 Å². The molecule has 0 aliphatic rings. The molecule has 9 heteroatoms. The number of aromatic nitrogens is 3. The van der Waals surface area contributed by atoms with Crippen LogP contribution in [0, 0.1) is 11.6 Å². The molecule has 0 saturated heterocycles. The number of halogens is 2. The molecule has 29 heavy (non-hydrogen) atoms. The summed E-state index contributed by atoms with van der Waals surface area (Å²) < 4.78 is 33.3. The van der Waals surface area contributed by atoms with Crippen LogP contribution in [0.15, 0.2) is 66.3 Å². The first kappa shape index (κ1) is 20.5. The first-order chi connectivity index (χ1) is 14.0. The van der Waals surface area contributed by atoms with Crippen molar-refractivity contribution in [2.45, 2.75) is 18.3 Å². The summed E-state index contributed by atoms with van der Waals surface area (Å²) in [4.78, 5) is 12.1. The molecule has 1 amide bonds. The molecule has 1 heterocycles. The normalized spacial score (nSPS) is 10.6. The number of carbonyl (C=O) groups excluding carboxylic acids is 1. The standard InChI is InChI=1S/C20H18F2N4O2S/c1-2-11-26-18(12-28-17-9-5-15(22)6-10-17)24-25-20(26)29-13-19(27)23-16-7-3-14(21)4-8-16/h2-10H,1,11-13H2,(H,23,27). The first-order valence-corrected chi connectivity index (χ1v) is 9.63. The lowest BCUT2D eigenvalue weighted by molar-refractivity contribution is -0.113. The van der Waals surface area contributed by atoms with Gasteiger partial charge in [0.15, 0.2) is 11.0 Å². The maximum atomic E-state index is 13.0. The van der Waals surface area contributed by atoms with Crippen LogP contribution < -0.4 is 10.1 Å². The fourth-order valence-corrected chi connectivity index (χ4v) is 3.15. The third kappa shape index (κ3) is 5.89. The van der Waals surface area contributed by atoms with Gasteiger partial charge in [0.2, 0.25) is 5.91 Å². The highest BCUT2D eigenvalue weighted by atomic mass is 32.2. The molecule has 3 rings (SSSR count). The highest BCUT2D eigenvalue weighted by Gasteiger charge is 2.14. The summed E-state index contributed by atoms with van der Waals surface area (Å²) in [6.45, 7) is 4.30. The molecule has 0 fully saturated rings. The van der Waals surface area contributed by atoms with Gasteiger partial charge in [-0.2, -0.15) is 0 Å². The Bertz CT molecular complexity index is 975. The van der Waals surface area contributed by atoms with Crippen molar-refractivity contribution in [1.29, 1.82) is 0 Å². The van der Waals surface area contributed by atoms with Crippen molar-refractivity contribution in [3.63, 3.8) is 0 Å². The number of amides is 1. The minimum Gasteiger partial charge on any atom is -0.486 e. The predicted molar refractivity (Wildman–Crippen MR) is 107 cm³/mol. The van der Waals surface area contributed by atoms with Crippen molar-refractivity contribution < 1.29 is 18.3 Å². The molecule has 0 aliphatic heterocycles. The maximum absolute atomic E-state index is 13.0. The fourth-order valence-electron chi connectivity index (χ4n) is 2.38. The van der Waals surface area contributed by atoms with Gasteiger partial charge in [0, 0.05) is 12.2 Å². The lowest BCUT2D eigenvalue weighted by Crippen LogP contribution is -2.15. The van der Waals surface area contributed by atoms with Crippen molar-refractivity contribution in [1.82, 2.24) is 14.8 Å². The summed E-state index contributed by atoms with van der Waals surface area (Å²) in [7, 11) is 0. The van der Waals surface area contributed by atoms with E-state index in [0.29, 0.717) is 29.0 Å². The van der Waals surface area contributed by atoms with E-state index in [-0.39, 0.29) is 29.9 Å². The van der Waals surface area contributed by atoms with Crippen molar-refractivity contribution in [3.8, 4) is 5.75 Å². The Morgan fingerprint density at radius 2 is 1.76 bits per heavy atom. The molecule has 3 aromatic rings. The van der Waals surface area contributed by atoms with Gasteiger partial charge in [0.05, 0.1) is 5.75 Å². The van der Waals surface area contributed by atoms with E-state index < -0.39 is 0 Å². The summed E-state index contributed by atoms with van der Waals surface area (Å²) in [6.07, 6.45) is 1.69. The number of thioether (sulfide) groups is 1. The van der Waals surface area contributed by atoms with E-state index in [1.54, 1.807) is 10.6 Å². The number of hydrogen-bond donors (Lipinski definition) is 1. The molecular formula is C20H18F2N4O2S. The zero-order valence-electron chi connectivity index (χ0n) is 15.3. The smallest absolute Gasteiger partial charge is 0.234 e. The Kier molecular flexibility index (Phi) is 6.96. The number of ether oxygens (including phenoxy) is 1. The van der Waals surface area contributed by atoms with E-state index in [1.165, 1.54) is 60.3 Å². The quantitative estimate of drug-likeness (QED) is 0.421. The second-order valence-corrected chi connectivity index (χ2v) is 6.83. The number of hydrogen-bond acceptors (Lipinski definition) is 5. The zero-order chi connectivity index (χ0) is 20.6. The Balaban J connectivity index is 1.59. The molecular weight excluding hydrogens is 398 g/mol. The van der Waals surface area contributed by atoms with Gasteiger partial charge in [-0.3, -0.25) is 9.36 Å². The third-order valence-corrected chi connectivity index (χ3v) is 4.71. The van der Waals surface area contributed by atoms with E-state index in [1.807, 2.05) is 0 Å². The topological polar surface area (TPSA) is 69.0 Å². The summed E-state index contributed by atoms with van der Waals surface area (Å²) >= 11 is 1.21. The van der Waals surface area contributed by atoms with Crippen molar-refractivity contribution >= 4 is 23.4 Å². The molecule has 0 radical (unpaired) electrons. The molecule has 1 N–H and O–H groups in total. The van der Waals surface area contributed by atoms with Gasteiger partial charge in [-0.05, 0) is 48.5 Å². The number of allylic oxidation sites excluding steroid dienone is 1. The highest BCUT2D eigenvalue weighted by molar-refractivity contribution is 7.99. The highest BCUT2D eigenvalue weighted by Crippen LogP contribution is 2.20. The Labute approximate surface area is 170 Å². The average molecular weight is 416 g/mol. The number of benzene rings is 2. The van der Waals surface area contributed by atoms with Crippen LogP contribution in [0.5, 0.6) is 5.75 Å². The average Bonchev–Trinajstić information content (AvgIpc) is 3.10. The fraction of sp³-hybridized carbons (Fsp3) is 0.150. The van der Waals surface area contributed by atoms with Crippen LogP contribution in [0.4, 0.5) is 14.5 Å². The van der Waals surface area contributed by atoms with Crippen LogP contribution >= 0.6 is 11.8 Å². The monoisotopic (exact) mass is 416 g/mol. The summed E-state index contributed by atoms with van der Waals surface area (Å²) in [5, 5.41) is 11.4. The molecule has 0 bridgehead atoms. The van der Waals surface area contributed by atoms with Gasteiger partial charge in [-0.1, -0.05) is 17.8 Å². The molecule has 0 atom stereocenters. The minimum atomic E-state index is -0.370. The SMILES string of the molecule is C=CCn1c(COc2ccc(F)cc2)nnc1SCC(=O)Nc1ccc(F)cc1. The Morgan fingerprint density at radius 1 is 1.10 bits per heavy atom. The van der Waals surface area contributed by atoms with Crippen LogP contribution in [-0.4, -0.2) is 26.4 Å². The second kappa shape index (κ2) is 9.83. The second-order valence-electron chi connectivity index (χ2n) is 5.88. The van der Waals surface area contributed by atoms with Gasteiger partial charge in [0.25, 0.3) is 0 Å². The molecule has 0 saturated carbocycles. The van der Waals surface area contributed by atoms with Crippen LogP contribution in [0.3, 0.4) is 0 Å². The van der Waals surface area contributed by atoms with E-state index in [4.69, 9.17) is 4.74 Å². The third-order valence-electron chi connectivity index (χ3n) is 3.75. The van der Waals surface area contributed by atoms with Crippen LogP contribution in [0.25, 0.3) is 0 Å². The van der Waals surface area contributed by atoms with Crippen molar-refractivity contribution in [3.05, 3.63) is 78.6 Å². The maximum Gasteiger partial charge on any atom is 0.234 e. The molecule has 0 aliphatic carbocycles. The lowest BCUT2D eigenvalue weighted by Gasteiger charge is -2.09. The predicted octanol–water partition coefficient (Wildman–Crippen LogP) is 4.05. The van der Waals surface area contributed by atoms with Crippen LogP contribution in [0.2, 0.25) is 0 Å². The Hall–Kier alpha value is -3.20. The van der Waals surface area contributed by atoms with Crippen LogP contribution in [0.1, 0.15) is 5.82 Å². The summed E-state index contributed by atoms with van der Waals surface area (Å²) in [5.41, 5.74) is 0.512. The van der Waals surface area contributed by atoms with Crippen molar-refractivity contribution in [2.24, 2.45) is 0 Å². The lowest BCUT2D eigenvalue weighted by atomic mass is 10.3. The number of nitrogens with one attached hydrogen (secondary N) is 1. The minimum absolute atomic E-state index is 0.103. The first-order valence-electron chi connectivity index (χ1n) is 8.64. The molecule has 0 spiro atoms. The van der Waals surface area contributed by atoms with E-state index in [2.05, 4.69) is 22.1 Å². The van der Waals surface area contributed by atoms with Crippen LogP contribution in [-0.2, 0) is 17.9 Å². The van der Waals surface area contributed by atoms with E-state index >= 15 is 0 Å². The van der Waals surface area contributed by atoms with E-state index in [0.717, 1.165) is 0 Å². The Morgan fingerprint density at radius 3 is 2.41 bits per heavy atom. The molecule has 1 aromatic heterocycles. The molecule has 150 valence electrons. The van der Waals surface area contributed by atoms with Gasteiger partial charge in [-0.25, -0.2) is 8.78 Å².